The van der Waals surface area contributed by atoms with Gasteiger partial charge in [-0.3, -0.25) is 4.79 Å². The third kappa shape index (κ3) is 4.00. The number of nitrogens with zero attached hydrogens (tertiary/aromatic N) is 4. The Labute approximate surface area is 156 Å². The van der Waals surface area contributed by atoms with Crippen LogP contribution in [-0.2, 0) is 4.79 Å². The molecule has 6 heteroatoms. The highest BCUT2D eigenvalue weighted by atomic mass is 16.1. The van der Waals surface area contributed by atoms with Crippen molar-refractivity contribution >= 4 is 11.9 Å². The summed E-state index contributed by atoms with van der Waals surface area (Å²) in [6.07, 6.45) is 11.9. The Balaban J connectivity index is 1.24. The van der Waals surface area contributed by atoms with Crippen LogP contribution in [0.1, 0.15) is 44.9 Å². The van der Waals surface area contributed by atoms with Crippen LogP contribution in [-0.4, -0.2) is 59.5 Å². The van der Waals surface area contributed by atoms with Crippen LogP contribution in [0.4, 0.5) is 5.95 Å². The van der Waals surface area contributed by atoms with E-state index >= 15 is 0 Å². The molecule has 0 aromatic carbocycles. The number of fused-ring (bicyclic) bond motifs is 1. The summed E-state index contributed by atoms with van der Waals surface area (Å²) in [6.45, 7) is 5.11. The SMILES string of the molecule is O=C(NC[C@@H]1CCCN2CCCC[C@H]12)C1CCN(c2ncccn2)CC1. The summed E-state index contributed by atoms with van der Waals surface area (Å²) >= 11 is 0. The summed E-state index contributed by atoms with van der Waals surface area (Å²) in [5.74, 6) is 1.82. The van der Waals surface area contributed by atoms with Crippen LogP contribution >= 0.6 is 0 Å². The maximum Gasteiger partial charge on any atom is 0.225 e. The van der Waals surface area contributed by atoms with Gasteiger partial charge in [-0.1, -0.05) is 6.42 Å². The fourth-order valence-corrected chi connectivity index (χ4v) is 4.99. The molecule has 3 saturated heterocycles. The molecular weight excluding hydrogens is 326 g/mol. The number of hydrogen-bond donors (Lipinski definition) is 1. The van der Waals surface area contributed by atoms with Crippen molar-refractivity contribution in [2.75, 3.05) is 37.6 Å². The zero-order valence-corrected chi connectivity index (χ0v) is 15.6. The van der Waals surface area contributed by atoms with E-state index in [1.54, 1.807) is 12.4 Å². The molecule has 1 aromatic rings. The molecular formula is C20H31N5O. The molecule has 0 unspecified atom stereocenters. The smallest absolute Gasteiger partial charge is 0.225 e. The lowest BCUT2D eigenvalue weighted by atomic mass is 9.83. The fourth-order valence-electron chi connectivity index (χ4n) is 4.99. The van der Waals surface area contributed by atoms with Crippen molar-refractivity contribution in [2.24, 2.45) is 11.8 Å². The minimum absolute atomic E-state index is 0.140. The van der Waals surface area contributed by atoms with Gasteiger partial charge in [-0.05, 0) is 63.6 Å². The van der Waals surface area contributed by atoms with Gasteiger partial charge < -0.3 is 15.1 Å². The van der Waals surface area contributed by atoms with E-state index in [-0.39, 0.29) is 11.8 Å². The average molecular weight is 358 g/mol. The summed E-state index contributed by atoms with van der Waals surface area (Å²) in [5.41, 5.74) is 0. The molecule has 3 fully saturated rings. The van der Waals surface area contributed by atoms with E-state index in [0.29, 0.717) is 12.0 Å². The summed E-state index contributed by atoms with van der Waals surface area (Å²) in [4.78, 5) is 26.2. The van der Waals surface area contributed by atoms with Crippen molar-refractivity contribution in [1.82, 2.24) is 20.2 Å². The number of amides is 1. The molecule has 142 valence electrons. The first-order valence-corrected chi connectivity index (χ1v) is 10.3. The van der Waals surface area contributed by atoms with Gasteiger partial charge >= 0.3 is 0 Å². The molecule has 0 radical (unpaired) electrons. The van der Waals surface area contributed by atoms with Crippen molar-refractivity contribution in [3.8, 4) is 0 Å². The first-order valence-electron chi connectivity index (χ1n) is 10.3. The van der Waals surface area contributed by atoms with Crippen molar-refractivity contribution in [1.29, 1.82) is 0 Å². The molecule has 0 saturated carbocycles. The molecule has 6 nitrogen and oxygen atoms in total. The van der Waals surface area contributed by atoms with Gasteiger partial charge in [0.15, 0.2) is 0 Å². The highest BCUT2D eigenvalue weighted by molar-refractivity contribution is 5.78. The van der Waals surface area contributed by atoms with Gasteiger partial charge in [0.05, 0.1) is 0 Å². The zero-order chi connectivity index (χ0) is 17.8. The Kier molecular flexibility index (Phi) is 5.68. The fraction of sp³-hybridized carbons (Fsp3) is 0.750. The topological polar surface area (TPSA) is 61.4 Å². The monoisotopic (exact) mass is 357 g/mol. The summed E-state index contributed by atoms with van der Waals surface area (Å²) in [6, 6.07) is 2.54. The molecule has 2 atom stereocenters. The van der Waals surface area contributed by atoms with Crippen LogP contribution in [0.15, 0.2) is 18.5 Å². The summed E-state index contributed by atoms with van der Waals surface area (Å²) < 4.78 is 0. The molecule has 4 heterocycles. The van der Waals surface area contributed by atoms with Gasteiger partial charge in [0.1, 0.15) is 0 Å². The Bertz CT molecular complexity index is 585. The maximum atomic E-state index is 12.7. The van der Waals surface area contributed by atoms with Gasteiger partial charge in [0.25, 0.3) is 0 Å². The molecule has 26 heavy (non-hydrogen) atoms. The third-order valence-corrected chi connectivity index (χ3v) is 6.47. The quantitative estimate of drug-likeness (QED) is 0.894. The first kappa shape index (κ1) is 17.7. The minimum Gasteiger partial charge on any atom is -0.356 e. The van der Waals surface area contributed by atoms with E-state index in [1.807, 2.05) is 6.07 Å². The predicted molar refractivity (Wildman–Crippen MR) is 102 cm³/mol. The van der Waals surface area contributed by atoms with Gasteiger partial charge in [0, 0.05) is 44.0 Å². The van der Waals surface area contributed by atoms with Crippen LogP contribution in [0.3, 0.4) is 0 Å². The number of carbonyl (C=O) groups is 1. The second-order valence-corrected chi connectivity index (χ2v) is 8.06. The highest BCUT2D eigenvalue weighted by Gasteiger charge is 2.33. The largest absolute Gasteiger partial charge is 0.356 e. The van der Waals surface area contributed by atoms with E-state index in [9.17, 15) is 4.79 Å². The number of piperidine rings is 3. The molecule has 1 N–H and O–H groups in total. The first-order chi connectivity index (χ1) is 12.8. The van der Waals surface area contributed by atoms with Gasteiger partial charge in [-0.15, -0.1) is 0 Å². The Hall–Kier alpha value is -1.69. The van der Waals surface area contributed by atoms with E-state index < -0.39 is 0 Å². The van der Waals surface area contributed by atoms with Crippen molar-refractivity contribution < 1.29 is 4.79 Å². The van der Waals surface area contributed by atoms with Crippen molar-refractivity contribution in [3.63, 3.8) is 0 Å². The Morgan fingerprint density at radius 1 is 1.00 bits per heavy atom. The third-order valence-electron chi connectivity index (χ3n) is 6.47. The number of aromatic nitrogens is 2. The van der Waals surface area contributed by atoms with E-state index in [1.165, 1.54) is 45.2 Å². The van der Waals surface area contributed by atoms with Crippen LogP contribution in [0, 0.1) is 11.8 Å². The van der Waals surface area contributed by atoms with Crippen LogP contribution in [0.2, 0.25) is 0 Å². The van der Waals surface area contributed by atoms with Gasteiger partial charge in [-0.2, -0.15) is 0 Å². The molecule has 3 aliphatic rings. The van der Waals surface area contributed by atoms with E-state index in [4.69, 9.17) is 0 Å². The normalized spacial score (nSPS) is 27.8. The highest BCUT2D eigenvalue weighted by Crippen LogP contribution is 2.30. The van der Waals surface area contributed by atoms with Gasteiger partial charge in [0.2, 0.25) is 11.9 Å². The number of anilines is 1. The number of carbonyl (C=O) groups excluding carboxylic acids is 1. The molecule has 0 spiro atoms. The number of nitrogens with one attached hydrogen (secondary N) is 1. The molecule has 0 bridgehead atoms. The van der Waals surface area contributed by atoms with Crippen LogP contribution in [0.25, 0.3) is 0 Å². The Morgan fingerprint density at radius 3 is 2.58 bits per heavy atom. The van der Waals surface area contributed by atoms with Crippen molar-refractivity contribution in [2.45, 2.75) is 51.0 Å². The van der Waals surface area contributed by atoms with Gasteiger partial charge in [-0.25, -0.2) is 9.97 Å². The average Bonchev–Trinajstić information content (AvgIpc) is 2.73. The number of hydrogen-bond acceptors (Lipinski definition) is 5. The molecule has 1 aromatic heterocycles. The lowest BCUT2D eigenvalue weighted by Gasteiger charge is -2.44. The Morgan fingerprint density at radius 2 is 1.77 bits per heavy atom. The van der Waals surface area contributed by atoms with Crippen LogP contribution < -0.4 is 10.2 Å². The van der Waals surface area contributed by atoms with Crippen LogP contribution in [0.5, 0.6) is 0 Å². The summed E-state index contributed by atoms with van der Waals surface area (Å²) in [5, 5.41) is 3.29. The second-order valence-electron chi connectivity index (χ2n) is 8.06. The lowest BCUT2D eigenvalue weighted by molar-refractivity contribution is -0.126. The maximum absolute atomic E-state index is 12.7. The summed E-state index contributed by atoms with van der Waals surface area (Å²) in [7, 11) is 0. The molecule has 1 amide bonds. The zero-order valence-electron chi connectivity index (χ0n) is 15.6. The minimum atomic E-state index is 0.140. The molecule has 0 aliphatic carbocycles. The van der Waals surface area contributed by atoms with E-state index in [2.05, 4.69) is 25.1 Å². The van der Waals surface area contributed by atoms with E-state index in [0.717, 1.165) is 38.4 Å². The standard InChI is InChI=1S/C20H31N5O/c26-19(16-7-13-25(14-8-16)20-21-9-4-10-22-20)23-15-17-5-3-12-24-11-2-1-6-18(17)24/h4,9-10,16-18H,1-3,5-8,11-15H2,(H,23,26)/t17-,18+/m0/s1. The predicted octanol–water partition coefficient (Wildman–Crippen LogP) is 2.07. The molecule has 3 aliphatic heterocycles. The molecule has 4 rings (SSSR count). The second kappa shape index (κ2) is 8.33. The van der Waals surface area contributed by atoms with Crippen molar-refractivity contribution in [3.05, 3.63) is 18.5 Å². The number of rotatable bonds is 4. The lowest BCUT2D eigenvalue weighted by Crippen LogP contribution is -2.51.